The molecule has 0 bridgehead atoms. The van der Waals surface area contributed by atoms with Crippen LogP contribution in [0.3, 0.4) is 0 Å². The van der Waals surface area contributed by atoms with Gasteiger partial charge in [0.25, 0.3) is 0 Å². The SMILES string of the molecule is CC1CN(C(C(=O)NCC(=O)N(C)C)C(C)C)CC(C)O1. The summed E-state index contributed by atoms with van der Waals surface area (Å²) in [6.45, 7) is 9.63. The molecule has 1 saturated heterocycles. The van der Waals surface area contributed by atoms with E-state index in [1.165, 1.54) is 4.90 Å². The molecule has 3 unspecified atom stereocenters. The van der Waals surface area contributed by atoms with Crippen molar-refractivity contribution in [3.63, 3.8) is 0 Å². The molecule has 0 aliphatic carbocycles. The van der Waals surface area contributed by atoms with Crippen LogP contribution in [0, 0.1) is 5.92 Å². The minimum atomic E-state index is -0.228. The summed E-state index contributed by atoms with van der Waals surface area (Å²) in [5.41, 5.74) is 0. The van der Waals surface area contributed by atoms with E-state index in [4.69, 9.17) is 4.74 Å². The molecule has 21 heavy (non-hydrogen) atoms. The summed E-state index contributed by atoms with van der Waals surface area (Å²) in [4.78, 5) is 27.7. The first-order chi connectivity index (χ1) is 9.72. The molecule has 2 amide bonds. The monoisotopic (exact) mass is 299 g/mol. The Balaban J connectivity index is 2.68. The lowest BCUT2D eigenvalue weighted by atomic mass is 9.99. The molecule has 0 saturated carbocycles. The molecule has 0 aromatic rings. The van der Waals surface area contributed by atoms with E-state index < -0.39 is 0 Å². The van der Waals surface area contributed by atoms with Crippen molar-refractivity contribution < 1.29 is 14.3 Å². The van der Waals surface area contributed by atoms with E-state index in [1.807, 2.05) is 27.7 Å². The Hall–Kier alpha value is -1.14. The van der Waals surface area contributed by atoms with Gasteiger partial charge in [-0.1, -0.05) is 13.8 Å². The molecule has 1 N–H and O–H groups in total. The maximum atomic E-state index is 12.5. The van der Waals surface area contributed by atoms with Crippen molar-refractivity contribution in [2.24, 2.45) is 5.92 Å². The van der Waals surface area contributed by atoms with E-state index in [2.05, 4.69) is 10.2 Å². The van der Waals surface area contributed by atoms with Crippen LogP contribution < -0.4 is 5.32 Å². The van der Waals surface area contributed by atoms with Gasteiger partial charge in [0.1, 0.15) is 0 Å². The zero-order valence-corrected chi connectivity index (χ0v) is 14.0. The molecule has 0 aromatic carbocycles. The van der Waals surface area contributed by atoms with E-state index in [-0.39, 0.29) is 42.5 Å². The summed E-state index contributed by atoms with van der Waals surface area (Å²) in [6, 6.07) is -0.228. The molecular formula is C15H29N3O3. The number of morpholine rings is 1. The number of hydrogen-bond donors (Lipinski definition) is 1. The maximum Gasteiger partial charge on any atom is 0.241 e. The second kappa shape index (κ2) is 7.75. The van der Waals surface area contributed by atoms with Crippen molar-refractivity contribution in [2.75, 3.05) is 33.7 Å². The van der Waals surface area contributed by atoms with Gasteiger partial charge in [0.15, 0.2) is 0 Å². The highest BCUT2D eigenvalue weighted by molar-refractivity contribution is 5.87. The van der Waals surface area contributed by atoms with Gasteiger partial charge < -0.3 is 15.0 Å². The third-order valence-corrected chi connectivity index (χ3v) is 3.65. The Morgan fingerprint density at radius 1 is 1.24 bits per heavy atom. The predicted molar refractivity (Wildman–Crippen MR) is 81.9 cm³/mol. The van der Waals surface area contributed by atoms with Crippen molar-refractivity contribution >= 4 is 11.8 Å². The van der Waals surface area contributed by atoms with Gasteiger partial charge in [-0.05, 0) is 19.8 Å². The topological polar surface area (TPSA) is 61.9 Å². The van der Waals surface area contributed by atoms with Gasteiger partial charge in [-0.2, -0.15) is 0 Å². The molecule has 1 aliphatic heterocycles. The quantitative estimate of drug-likeness (QED) is 0.794. The summed E-state index contributed by atoms with van der Waals surface area (Å²) in [7, 11) is 3.36. The van der Waals surface area contributed by atoms with Gasteiger partial charge in [0, 0.05) is 27.2 Å². The minimum Gasteiger partial charge on any atom is -0.373 e. The lowest BCUT2D eigenvalue weighted by Gasteiger charge is -2.41. The number of rotatable bonds is 5. The Kier molecular flexibility index (Phi) is 6.61. The third kappa shape index (κ3) is 5.28. The number of carbonyl (C=O) groups is 2. The normalized spacial score (nSPS) is 24.7. The first-order valence-electron chi connectivity index (χ1n) is 7.59. The summed E-state index contributed by atoms with van der Waals surface area (Å²) in [6.07, 6.45) is 0.234. The van der Waals surface area contributed by atoms with Crippen molar-refractivity contribution in [3.8, 4) is 0 Å². The number of carbonyl (C=O) groups excluding carboxylic acids is 2. The van der Waals surface area contributed by atoms with Crippen molar-refractivity contribution in [2.45, 2.75) is 45.9 Å². The molecule has 6 heteroatoms. The van der Waals surface area contributed by atoms with E-state index in [1.54, 1.807) is 14.1 Å². The maximum absolute atomic E-state index is 12.5. The molecule has 3 atom stereocenters. The number of nitrogens with one attached hydrogen (secondary N) is 1. The average Bonchev–Trinajstić information content (AvgIpc) is 2.34. The second-order valence-corrected chi connectivity index (χ2v) is 6.41. The molecule has 1 rings (SSSR count). The van der Waals surface area contributed by atoms with E-state index in [0.29, 0.717) is 0 Å². The molecular weight excluding hydrogens is 270 g/mol. The van der Waals surface area contributed by atoms with Crippen LogP contribution in [-0.4, -0.2) is 73.6 Å². The van der Waals surface area contributed by atoms with Crippen LogP contribution >= 0.6 is 0 Å². The Labute approximate surface area is 127 Å². The van der Waals surface area contributed by atoms with Crippen molar-refractivity contribution in [1.82, 2.24) is 15.1 Å². The van der Waals surface area contributed by atoms with E-state index in [9.17, 15) is 9.59 Å². The Morgan fingerprint density at radius 3 is 2.19 bits per heavy atom. The van der Waals surface area contributed by atoms with E-state index >= 15 is 0 Å². The molecule has 0 aromatic heterocycles. The highest BCUT2D eigenvalue weighted by Crippen LogP contribution is 2.18. The van der Waals surface area contributed by atoms with Crippen molar-refractivity contribution in [3.05, 3.63) is 0 Å². The van der Waals surface area contributed by atoms with Gasteiger partial charge in [-0.25, -0.2) is 0 Å². The molecule has 1 fully saturated rings. The van der Waals surface area contributed by atoms with Gasteiger partial charge in [-0.3, -0.25) is 14.5 Å². The number of amides is 2. The fourth-order valence-electron chi connectivity index (χ4n) is 2.76. The Bertz CT molecular complexity index is 361. The third-order valence-electron chi connectivity index (χ3n) is 3.65. The summed E-state index contributed by atoms with van der Waals surface area (Å²) >= 11 is 0. The second-order valence-electron chi connectivity index (χ2n) is 6.41. The lowest BCUT2D eigenvalue weighted by molar-refractivity contribution is -0.138. The molecule has 6 nitrogen and oxygen atoms in total. The minimum absolute atomic E-state index is 0.0461. The molecule has 1 heterocycles. The van der Waals surface area contributed by atoms with Crippen LogP contribution in [0.1, 0.15) is 27.7 Å². The van der Waals surface area contributed by atoms with Gasteiger partial charge in [-0.15, -0.1) is 0 Å². The number of ether oxygens (including phenoxy) is 1. The molecule has 122 valence electrons. The summed E-state index contributed by atoms with van der Waals surface area (Å²) < 4.78 is 5.72. The highest BCUT2D eigenvalue weighted by atomic mass is 16.5. The smallest absolute Gasteiger partial charge is 0.241 e. The first-order valence-corrected chi connectivity index (χ1v) is 7.59. The largest absolute Gasteiger partial charge is 0.373 e. The fourth-order valence-corrected chi connectivity index (χ4v) is 2.76. The van der Waals surface area contributed by atoms with Gasteiger partial charge in [0.05, 0.1) is 24.8 Å². The van der Waals surface area contributed by atoms with Crippen LogP contribution in [0.2, 0.25) is 0 Å². The zero-order chi connectivity index (χ0) is 16.2. The van der Waals surface area contributed by atoms with Crippen LogP contribution in [-0.2, 0) is 14.3 Å². The van der Waals surface area contributed by atoms with Gasteiger partial charge in [0.2, 0.25) is 11.8 Å². The standard InChI is InChI=1S/C15H29N3O3/c1-10(2)14(15(20)16-7-13(19)17(5)6)18-8-11(3)21-12(4)9-18/h10-12,14H,7-9H2,1-6H3,(H,16,20). The molecule has 0 radical (unpaired) electrons. The van der Waals surface area contributed by atoms with Crippen LogP contribution in [0.5, 0.6) is 0 Å². The number of hydrogen-bond acceptors (Lipinski definition) is 4. The van der Waals surface area contributed by atoms with Crippen molar-refractivity contribution in [1.29, 1.82) is 0 Å². The first kappa shape index (κ1) is 17.9. The lowest BCUT2D eigenvalue weighted by Crippen LogP contribution is -2.57. The number of nitrogens with zero attached hydrogens (tertiary/aromatic N) is 2. The van der Waals surface area contributed by atoms with Gasteiger partial charge >= 0.3 is 0 Å². The zero-order valence-electron chi connectivity index (χ0n) is 14.0. The average molecular weight is 299 g/mol. The fraction of sp³-hybridized carbons (Fsp3) is 0.867. The number of likely N-dealkylation sites (N-methyl/N-ethyl adjacent to an activating group) is 1. The van der Waals surface area contributed by atoms with Crippen LogP contribution in [0.25, 0.3) is 0 Å². The molecule has 0 spiro atoms. The van der Waals surface area contributed by atoms with Crippen LogP contribution in [0.15, 0.2) is 0 Å². The molecule has 1 aliphatic rings. The highest BCUT2D eigenvalue weighted by Gasteiger charge is 2.34. The Morgan fingerprint density at radius 2 is 1.76 bits per heavy atom. The summed E-state index contributed by atoms with van der Waals surface area (Å²) in [5, 5.41) is 2.76. The van der Waals surface area contributed by atoms with E-state index in [0.717, 1.165) is 13.1 Å². The summed E-state index contributed by atoms with van der Waals surface area (Å²) in [5.74, 6) is -0.00646. The predicted octanol–water partition coefficient (Wildman–Crippen LogP) is 0.325. The van der Waals surface area contributed by atoms with Crippen LogP contribution in [0.4, 0.5) is 0 Å².